The molecule has 2 heterocycles. The molecule has 0 unspecified atom stereocenters. The van der Waals surface area contributed by atoms with E-state index in [-0.39, 0.29) is 0 Å². The molecule has 0 saturated heterocycles. The number of likely N-dealkylation sites (N-methyl/N-ethyl adjacent to an activating group) is 1. The molecule has 6 rings (SSSR count). The Morgan fingerprint density at radius 3 is 1.71 bits per heavy atom. The van der Waals surface area contributed by atoms with Gasteiger partial charge in [-0.25, -0.2) is 0 Å². The highest BCUT2D eigenvalue weighted by atomic mass is 15.1. The Labute approximate surface area is 243 Å². The van der Waals surface area contributed by atoms with E-state index in [9.17, 15) is 0 Å². The minimum atomic E-state index is 1.13. The van der Waals surface area contributed by atoms with E-state index >= 15 is 0 Å². The summed E-state index contributed by atoms with van der Waals surface area (Å²) in [4.78, 5) is 2.27. The monoisotopic (exact) mass is 529 g/mol. The van der Waals surface area contributed by atoms with Crippen molar-refractivity contribution in [3.8, 4) is 22.4 Å². The van der Waals surface area contributed by atoms with Gasteiger partial charge in [0.05, 0.1) is 0 Å². The fraction of sp³-hybridized carbons (Fsp3) is 0.0513. The first-order valence-electron chi connectivity index (χ1n) is 14.0. The average Bonchev–Trinajstić information content (AvgIpc) is 3.04. The van der Waals surface area contributed by atoms with Gasteiger partial charge in [-0.05, 0) is 58.2 Å². The zero-order chi connectivity index (χ0) is 28.0. The molecule has 0 aliphatic carbocycles. The molecule has 2 heteroatoms. The van der Waals surface area contributed by atoms with Gasteiger partial charge in [0.15, 0.2) is 0 Å². The number of hydrogen-bond acceptors (Lipinski definition) is 1. The van der Waals surface area contributed by atoms with Crippen molar-refractivity contribution in [2.24, 2.45) is 7.05 Å². The van der Waals surface area contributed by atoms with Crippen molar-refractivity contribution in [1.82, 2.24) is 4.90 Å². The normalized spacial score (nSPS) is 14.3. The second kappa shape index (κ2) is 11.9. The molecule has 0 atom stereocenters. The number of aromatic nitrogens is 1. The summed E-state index contributed by atoms with van der Waals surface area (Å²) < 4.78 is 2.27. The highest BCUT2D eigenvalue weighted by molar-refractivity contribution is 5.88. The first-order valence-corrected chi connectivity index (χ1v) is 14.0. The summed E-state index contributed by atoms with van der Waals surface area (Å²) in [7, 11) is 4.28. The Bertz CT molecular complexity index is 1760. The van der Waals surface area contributed by atoms with Crippen molar-refractivity contribution in [3.63, 3.8) is 0 Å². The molecular weight excluding hydrogens is 496 g/mol. The summed E-state index contributed by atoms with van der Waals surface area (Å²) in [5.41, 5.74) is 11.8. The van der Waals surface area contributed by atoms with Gasteiger partial charge in [0, 0.05) is 42.2 Å². The lowest BCUT2D eigenvalue weighted by Gasteiger charge is -2.29. The van der Waals surface area contributed by atoms with Gasteiger partial charge in [-0.15, -0.1) is 0 Å². The first kappa shape index (κ1) is 26.0. The van der Waals surface area contributed by atoms with Crippen LogP contribution in [0.3, 0.4) is 0 Å². The Morgan fingerprint density at radius 2 is 1.10 bits per heavy atom. The predicted octanol–water partition coefficient (Wildman–Crippen LogP) is 8.81. The SMILES string of the molecule is CN1C(c2ccccc2)=CC(c2ccccc2)=C/C1=C/C=C/c1cc(-c2ccccc2)cc(-c2ccccc2)[n+]1C. The molecule has 41 heavy (non-hydrogen) atoms. The average molecular weight is 530 g/mol. The van der Waals surface area contributed by atoms with Crippen LogP contribution in [0.25, 0.3) is 39.7 Å². The summed E-state index contributed by atoms with van der Waals surface area (Å²) in [6, 6.07) is 46.9. The van der Waals surface area contributed by atoms with E-state index in [4.69, 9.17) is 0 Å². The van der Waals surface area contributed by atoms with E-state index in [0.29, 0.717) is 0 Å². The van der Waals surface area contributed by atoms with E-state index in [1.165, 1.54) is 44.8 Å². The lowest BCUT2D eigenvalue weighted by molar-refractivity contribution is -0.662. The maximum atomic E-state index is 2.28. The number of hydrogen-bond donors (Lipinski definition) is 0. The molecule has 0 spiro atoms. The molecule has 0 fully saturated rings. The highest BCUT2D eigenvalue weighted by Gasteiger charge is 2.18. The van der Waals surface area contributed by atoms with Crippen molar-refractivity contribution >= 4 is 17.3 Å². The van der Waals surface area contributed by atoms with Crippen LogP contribution in [0.4, 0.5) is 0 Å². The summed E-state index contributed by atoms with van der Waals surface area (Å²) >= 11 is 0. The number of nitrogens with zero attached hydrogens (tertiary/aromatic N) is 2. The molecule has 1 aromatic heterocycles. The summed E-state index contributed by atoms with van der Waals surface area (Å²) in [6.07, 6.45) is 11.1. The highest BCUT2D eigenvalue weighted by Crippen LogP contribution is 2.33. The summed E-state index contributed by atoms with van der Waals surface area (Å²) in [6.45, 7) is 0. The maximum Gasteiger partial charge on any atom is 0.213 e. The molecule has 0 radical (unpaired) electrons. The number of allylic oxidation sites excluding steroid dienone is 5. The molecule has 0 amide bonds. The Hall–Kier alpha value is -5.21. The van der Waals surface area contributed by atoms with Gasteiger partial charge < -0.3 is 4.90 Å². The van der Waals surface area contributed by atoms with Crippen LogP contribution in [0.15, 0.2) is 163 Å². The molecule has 5 aromatic rings. The topological polar surface area (TPSA) is 7.12 Å². The Balaban J connectivity index is 1.42. The summed E-state index contributed by atoms with van der Waals surface area (Å²) in [5.74, 6) is 0. The molecular formula is C39H33N2+. The van der Waals surface area contributed by atoms with Crippen molar-refractivity contribution in [2.75, 3.05) is 7.05 Å². The smallest absolute Gasteiger partial charge is 0.213 e. The van der Waals surface area contributed by atoms with Crippen molar-refractivity contribution in [3.05, 3.63) is 180 Å². The van der Waals surface area contributed by atoms with E-state index < -0.39 is 0 Å². The van der Waals surface area contributed by atoms with Gasteiger partial charge in [0.2, 0.25) is 11.4 Å². The molecule has 1 aliphatic rings. The molecule has 4 aromatic carbocycles. The van der Waals surface area contributed by atoms with Crippen molar-refractivity contribution in [2.45, 2.75) is 0 Å². The van der Waals surface area contributed by atoms with Gasteiger partial charge in [-0.3, -0.25) is 0 Å². The third kappa shape index (κ3) is 5.73. The molecule has 1 aliphatic heterocycles. The van der Waals surface area contributed by atoms with E-state index in [1.807, 2.05) is 0 Å². The van der Waals surface area contributed by atoms with Crippen LogP contribution in [0.5, 0.6) is 0 Å². The number of pyridine rings is 1. The zero-order valence-corrected chi connectivity index (χ0v) is 23.5. The van der Waals surface area contributed by atoms with E-state index in [0.717, 1.165) is 11.4 Å². The van der Waals surface area contributed by atoms with Crippen molar-refractivity contribution in [1.29, 1.82) is 0 Å². The van der Waals surface area contributed by atoms with Crippen molar-refractivity contribution < 1.29 is 4.57 Å². The van der Waals surface area contributed by atoms with Crippen LogP contribution in [-0.2, 0) is 7.05 Å². The van der Waals surface area contributed by atoms with Gasteiger partial charge >= 0.3 is 0 Å². The minimum Gasteiger partial charge on any atom is -0.344 e. The zero-order valence-electron chi connectivity index (χ0n) is 23.5. The Morgan fingerprint density at radius 1 is 0.561 bits per heavy atom. The first-order chi connectivity index (χ1) is 20.2. The van der Waals surface area contributed by atoms with Crippen LogP contribution >= 0.6 is 0 Å². The largest absolute Gasteiger partial charge is 0.344 e. The molecule has 0 saturated carbocycles. The maximum absolute atomic E-state index is 2.28. The quantitative estimate of drug-likeness (QED) is 0.199. The van der Waals surface area contributed by atoms with Crippen LogP contribution in [0.1, 0.15) is 16.8 Å². The second-order valence-corrected chi connectivity index (χ2v) is 10.2. The van der Waals surface area contributed by atoms with Gasteiger partial charge in [-0.1, -0.05) is 115 Å². The van der Waals surface area contributed by atoms with Crippen LogP contribution in [0.2, 0.25) is 0 Å². The van der Waals surface area contributed by atoms with Crippen LogP contribution in [-0.4, -0.2) is 11.9 Å². The standard InChI is InChI=1S/C39H33N2/c1-40-36(26-34(30-16-7-3-8-17-30)28-38(40)32-20-11-5-12-21-32)24-15-25-37-27-35(31-18-9-4-10-19-31)29-39(41(37)2)33-22-13-6-14-23-33/h3-29H,1-2H3/q+1. The van der Waals surface area contributed by atoms with Gasteiger partial charge in [-0.2, -0.15) is 4.57 Å². The number of rotatable bonds is 6. The molecule has 0 bridgehead atoms. The lowest BCUT2D eigenvalue weighted by atomic mass is 9.97. The van der Waals surface area contributed by atoms with Gasteiger partial charge in [0.1, 0.15) is 7.05 Å². The Kier molecular flexibility index (Phi) is 7.55. The van der Waals surface area contributed by atoms with Gasteiger partial charge in [0.25, 0.3) is 0 Å². The van der Waals surface area contributed by atoms with Crippen LogP contribution in [0, 0.1) is 0 Å². The minimum absolute atomic E-state index is 1.13. The molecule has 2 nitrogen and oxygen atoms in total. The van der Waals surface area contributed by atoms with E-state index in [2.05, 4.69) is 187 Å². The molecule has 0 N–H and O–H groups in total. The molecule has 198 valence electrons. The van der Waals surface area contributed by atoms with E-state index in [1.54, 1.807) is 0 Å². The second-order valence-electron chi connectivity index (χ2n) is 10.2. The predicted molar refractivity (Wildman–Crippen MR) is 172 cm³/mol. The fourth-order valence-electron chi connectivity index (χ4n) is 5.29. The van der Waals surface area contributed by atoms with Crippen LogP contribution < -0.4 is 4.57 Å². The fourth-order valence-corrected chi connectivity index (χ4v) is 5.29. The lowest BCUT2D eigenvalue weighted by Crippen LogP contribution is -2.34. The third-order valence-electron chi connectivity index (χ3n) is 7.58. The summed E-state index contributed by atoms with van der Waals surface area (Å²) in [5, 5.41) is 0. The number of benzene rings is 4. The third-order valence-corrected chi connectivity index (χ3v) is 7.58.